The lowest BCUT2D eigenvalue weighted by Gasteiger charge is -2.15. The van der Waals surface area contributed by atoms with Gasteiger partial charge in [0.1, 0.15) is 6.04 Å². The van der Waals surface area contributed by atoms with Gasteiger partial charge in [-0.15, -0.1) is 0 Å². The molecule has 0 bridgehead atoms. The van der Waals surface area contributed by atoms with E-state index in [1.807, 2.05) is 13.8 Å². The van der Waals surface area contributed by atoms with E-state index in [0.29, 0.717) is 6.61 Å². The number of methoxy groups -OCH3 is 1. The minimum absolute atomic E-state index is 0.130. The number of hydrogen-bond acceptors (Lipinski definition) is 4. The maximum Gasteiger partial charge on any atom is 0.325 e. The molecular weight excluding hydrogens is 158 g/mol. The van der Waals surface area contributed by atoms with E-state index in [1.165, 1.54) is 7.11 Å². The van der Waals surface area contributed by atoms with Crippen molar-refractivity contribution < 1.29 is 14.3 Å². The number of carbonyl (C=O) groups excluding carboxylic acids is 1. The van der Waals surface area contributed by atoms with Crippen LogP contribution in [0.15, 0.2) is 0 Å². The minimum atomic E-state index is -0.364. The molecule has 1 atom stereocenters. The van der Waals surface area contributed by atoms with Crippen LogP contribution in [0.25, 0.3) is 0 Å². The topological polar surface area (TPSA) is 47.6 Å². The zero-order chi connectivity index (χ0) is 9.56. The lowest BCUT2D eigenvalue weighted by molar-refractivity contribution is -0.145. The van der Waals surface area contributed by atoms with E-state index in [0.717, 1.165) is 0 Å². The van der Waals surface area contributed by atoms with E-state index in [9.17, 15) is 4.79 Å². The summed E-state index contributed by atoms with van der Waals surface area (Å²) in [6, 6.07) is -0.364. The van der Waals surface area contributed by atoms with E-state index in [2.05, 4.69) is 10.1 Å². The summed E-state index contributed by atoms with van der Waals surface area (Å²) in [6.07, 6.45) is 0.130. The predicted octanol–water partition coefficient (Wildman–Crippen LogP) is 0.172. The summed E-state index contributed by atoms with van der Waals surface area (Å²) in [5.41, 5.74) is 0. The van der Waals surface area contributed by atoms with Gasteiger partial charge in [0.05, 0.1) is 19.8 Å². The molecule has 12 heavy (non-hydrogen) atoms. The average Bonchev–Trinajstić information content (AvgIpc) is 2.04. The van der Waals surface area contributed by atoms with Crippen LogP contribution in [0, 0.1) is 0 Å². The molecule has 0 unspecified atom stereocenters. The fourth-order valence-corrected chi connectivity index (χ4v) is 0.700. The van der Waals surface area contributed by atoms with Gasteiger partial charge in [0, 0.05) is 0 Å². The third-order valence-electron chi connectivity index (χ3n) is 1.43. The Balaban J connectivity index is 3.75. The van der Waals surface area contributed by atoms with Gasteiger partial charge in [-0.05, 0) is 20.9 Å². The van der Waals surface area contributed by atoms with Gasteiger partial charge in [-0.3, -0.25) is 4.79 Å². The Hall–Kier alpha value is -0.610. The zero-order valence-corrected chi connectivity index (χ0v) is 8.09. The Morgan fingerprint density at radius 3 is 2.42 bits per heavy atom. The van der Waals surface area contributed by atoms with Crippen LogP contribution < -0.4 is 5.32 Å². The van der Waals surface area contributed by atoms with E-state index in [1.54, 1.807) is 7.05 Å². The van der Waals surface area contributed by atoms with Gasteiger partial charge in [0.25, 0.3) is 0 Å². The first kappa shape index (κ1) is 11.4. The highest BCUT2D eigenvalue weighted by atomic mass is 16.5. The van der Waals surface area contributed by atoms with Crippen LogP contribution >= 0.6 is 0 Å². The number of carbonyl (C=O) groups is 1. The maximum absolute atomic E-state index is 11.0. The number of rotatable bonds is 5. The average molecular weight is 175 g/mol. The van der Waals surface area contributed by atoms with E-state index in [-0.39, 0.29) is 18.1 Å². The van der Waals surface area contributed by atoms with Crippen molar-refractivity contribution >= 4 is 5.97 Å². The molecule has 0 spiro atoms. The molecule has 0 aliphatic heterocycles. The Morgan fingerprint density at radius 2 is 2.08 bits per heavy atom. The second-order valence-corrected chi connectivity index (χ2v) is 2.75. The Kier molecular flexibility index (Phi) is 5.66. The van der Waals surface area contributed by atoms with Gasteiger partial charge in [0.2, 0.25) is 0 Å². The van der Waals surface area contributed by atoms with Crippen molar-refractivity contribution in [2.24, 2.45) is 0 Å². The van der Waals surface area contributed by atoms with Crippen molar-refractivity contribution in [2.45, 2.75) is 26.0 Å². The molecule has 4 nitrogen and oxygen atoms in total. The molecule has 72 valence electrons. The molecule has 0 aromatic heterocycles. The van der Waals surface area contributed by atoms with Crippen LogP contribution in [-0.2, 0) is 14.3 Å². The third-order valence-corrected chi connectivity index (χ3v) is 1.43. The molecule has 0 aromatic carbocycles. The minimum Gasteiger partial charge on any atom is -0.468 e. The molecule has 0 aromatic rings. The van der Waals surface area contributed by atoms with Crippen molar-refractivity contribution in [1.82, 2.24) is 5.32 Å². The highest BCUT2D eigenvalue weighted by Gasteiger charge is 2.16. The summed E-state index contributed by atoms with van der Waals surface area (Å²) < 4.78 is 9.81. The summed E-state index contributed by atoms with van der Waals surface area (Å²) in [6.45, 7) is 4.19. The lowest BCUT2D eigenvalue weighted by atomic mass is 10.3. The number of esters is 1. The lowest BCUT2D eigenvalue weighted by Crippen LogP contribution is -2.39. The van der Waals surface area contributed by atoms with Crippen LogP contribution in [0.3, 0.4) is 0 Å². The Bertz CT molecular complexity index is 136. The maximum atomic E-state index is 11.0. The second-order valence-electron chi connectivity index (χ2n) is 2.75. The number of nitrogens with one attached hydrogen (secondary N) is 1. The molecule has 0 fully saturated rings. The summed E-state index contributed by atoms with van der Waals surface area (Å²) in [5, 5.41) is 2.81. The Labute approximate surface area is 73.2 Å². The SMILES string of the molecule is CN[C@H](COC(C)C)C(=O)OC. The molecular formula is C8H17NO3. The standard InChI is InChI=1S/C8H17NO3/c1-6(2)12-5-7(9-3)8(10)11-4/h6-7,9H,5H2,1-4H3/t7-/m1/s1. The van der Waals surface area contributed by atoms with Crippen LogP contribution in [-0.4, -0.2) is 38.9 Å². The van der Waals surface area contributed by atoms with E-state index in [4.69, 9.17) is 4.74 Å². The van der Waals surface area contributed by atoms with Crippen LogP contribution in [0.2, 0.25) is 0 Å². The predicted molar refractivity (Wildman–Crippen MR) is 46.0 cm³/mol. The molecule has 0 aliphatic carbocycles. The monoisotopic (exact) mass is 175 g/mol. The second kappa shape index (κ2) is 5.97. The van der Waals surface area contributed by atoms with Gasteiger partial charge in [-0.2, -0.15) is 0 Å². The number of likely N-dealkylation sites (N-methyl/N-ethyl adjacent to an activating group) is 1. The molecule has 0 aliphatic rings. The van der Waals surface area contributed by atoms with Crippen molar-refractivity contribution in [3.63, 3.8) is 0 Å². The quantitative estimate of drug-likeness (QED) is 0.605. The first-order chi connectivity index (χ1) is 5.61. The Morgan fingerprint density at radius 1 is 1.50 bits per heavy atom. The molecule has 0 saturated heterocycles. The molecule has 0 heterocycles. The third kappa shape index (κ3) is 4.31. The molecule has 0 amide bonds. The molecule has 4 heteroatoms. The highest BCUT2D eigenvalue weighted by molar-refractivity contribution is 5.75. The highest BCUT2D eigenvalue weighted by Crippen LogP contribution is 1.93. The van der Waals surface area contributed by atoms with Gasteiger partial charge < -0.3 is 14.8 Å². The first-order valence-corrected chi connectivity index (χ1v) is 3.98. The van der Waals surface area contributed by atoms with Crippen molar-refractivity contribution in [2.75, 3.05) is 20.8 Å². The van der Waals surface area contributed by atoms with Gasteiger partial charge in [0.15, 0.2) is 0 Å². The number of ether oxygens (including phenoxy) is 2. The first-order valence-electron chi connectivity index (χ1n) is 3.98. The molecule has 0 rings (SSSR count). The van der Waals surface area contributed by atoms with Crippen LogP contribution in [0.4, 0.5) is 0 Å². The largest absolute Gasteiger partial charge is 0.468 e. The number of hydrogen-bond donors (Lipinski definition) is 1. The van der Waals surface area contributed by atoms with Crippen molar-refractivity contribution in [3.05, 3.63) is 0 Å². The fourth-order valence-electron chi connectivity index (χ4n) is 0.700. The normalized spacial score (nSPS) is 13.1. The summed E-state index contributed by atoms with van der Waals surface area (Å²) in [5.74, 6) is -0.293. The molecule has 1 N–H and O–H groups in total. The van der Waals surface area contributed by atoms with Gasteiger partial charge in [-0.1, -0.05) is 0 Å². The van der Waals surface area contributed by atoms with E-state index < -0.39 is 0 Å². The smallest absolute Gasteiger partial charge is 0.325 e. The zero-order valence-electron chi connectivity index (χ0n) is 8.09. The van der Waals surface area contributed by atoms with Gasteiger partial charge >= 0.3 is 5.97 Å². The van der Waals surface area contributed by atoms with Crippen LogP contribution in [0.1, 0.15) is 13.8 Å². The summed E-state index contributed by atoms with van der Waals surface area (Å²) >= 11 is 0. The van der Waals surface area contributed by atoms with Gasteiger partial charge in [-0.25, -0.2) is 0 Å². The molecule has 0 radical (unpaired) electrons. The fraction of sp³-hybridized carbons (Fsp3) is 0.875. The summed E-state index contributed by atoms with van der Waals surface area (Å²) in [7, 11) is 3.06. The molecule has 0 saturated carbocycles. The van der Waals surface area contributed by atoms with Crippen molar-refractivity contribution in [3.8, 4) is 0 Å². The van der Waals surface area contributed by atoms with Crippen molar-refractivity contribution in [1.29, 1.82) is 0 Å². The van der Waals surface area contributed by atoms with Crippen LogP contribution in [0.5, 0.6) is 0 Å². The van der Waals surface area contributed by atoms with E-state index >= 15 is 0 Å². The summed E-state index contributed by atoms with van der Waals surface area (Å²) in [4.78, 5) is 11.0.